The van der Waals surface area contributed by atoms with Crippen LogP contribution in [-0.4, -0.2) is 16.0 Å². The second-order valence-corrected chi connectivity index (χ2v) is 8.04. The second kappa shape index (κ2) is 6.35. The van der Waals surface area contributed by atoms with Crippen molar-refractivity contribution in [2.24, 2.45) is 0 Å². The third kappa shape index (κ3) is 3.24. The molecule has 0 unspecified atom stereocenters. The summed E-state index contributed by atoms with van der Waals surface area (Å²) in [5, 5.41) is 6.60. The Labute approximate surface area is 156 Å². The Bertz CT molecular complexity index is 863. The van der Waals surface area contributed by atoms with Crippen LogP contribution in [0.3, 0.4) is 0 Å². The number of nitrogens with zero attached hydrogens (tertiary/aromatic N) is 2. The summed E-state index contributed by atoms with van der Waals surface area (Å²) in [6.45, 7) is 4.29. The van der Waals surface area contributed by atoms with E-state index in [1.165, 1.54) is 23.4 Å². The Morgan fingerprint density at radius 3 is 2.68 bits per heavy atom. The van der Waals surface area contributed by atoms with Crippen LogP contribution in [0.15, 0.2) is 35.3 Å². The van der Waals surface area contributed by atoms with Gasteiger partial charge >= 0.3 is 0 Å². The van der Waals surface area contributed by atoms with Gasteiger partial charge in [-0.2, -0.15) is 0 Å². The number of anilines is 1. The summed E-state index contributed by atoms with van der Waals surface area (Å²) in [6.07, 6.45) is 4.25. The van der Waals surface area contributed by atoms with E-state index < -0.39 is 0 Å². The maximum absolute atomic E-state index is 12.8. The van der Waals surface area contributed by atoms with Crippen molar-refractivity contribution in [2.75, 3.05) is 4.90 Å². The van der Waals surface area contributed by atoms with Gasteiger partial charge in [0.25, 0.3) is 5.91 Å². The predicted molar refractivity (Wildman–Crippen MR) is 106 cm³/mol. The largest absolute Gasteiger partial charge is 0.327 e. The molecule has 25 heavy (non-hydrogen) atoms. The SMILES string of the molecule is CC(C)c1ccc(N2C(=O)/C(=C/c3csc(C4CC4)n3)NC2=S)cc1. The number of nitrogens with one attached hydrogen (secondary N) is 1. The fourth-order valence-corrected chi connectivity index (χ4v) is 4.06. The fourth-order valence-electron chi connectivity index (χ4n) is 2.81. The van der Waals surface area contributed by atoms with Gasteiger partial charge in [-0.1, -0.05) is 26.0 Å². The predicted octanol–water partition coefficient (Wildman–Crippen LogP) is 4.41. The minimum absolute atomic E-state index is 0.136. The van der Waals surface area contributed by atoms with E-state index in [4.69, 9.17) is 12.2 Å². The third-order valence-electron chi connectivity index (χ3n) is 4.45. The number of thiazole rings is 1. The van der Waals surface area contributed by atoms with E-state index in [0.29, 0.717) is 22.6 Å². The summed E-state index contributed by atoms with van der Waals surface area (Å²) in [6, 6.07) is 7.97. The molecule has 0 spiro atoms. The van der Waals surface area contributed by atoms with Gasteiger partial charge in [0, 0.05) is 11.3 Å². The molecule has 2 heterocycles. The summed E-state index contributed by atoms with van der Waals surface area (Å²) in [5.74, 6) is 0.943. The minimum atomic E-state index is -0.136. The highest BCUT2D eigenvalue weighted by atomic mass is 32.1. The van der Waals surface area contributed by atoms with E-state index in [1.54, 1.807) is 22.3 Å². The first-order chi connectivity index (χ1) is 12.0. The molecule has 4 nitrogen and oxygen atoms in total. The van der Waals surface area contributed by atoms with Crippen molar-refractivity contribution in [1.29, 1.82) is 0 Å². The Hall–Kier alpha value is -2.05. The van der Waals surface area contributed by atoms with Crippen molar-refractivity contribution in [3.05, 3.63) is 51.6 Å². The lowest BCUT2D eigenvalue weighted by Crippen LogP contribution is -2.30. The average molecular weight is 370 g/mol. The maximum Gasteiger partial charge on any atom is 0.281 e. The van der Waals surface area contributed by atoms with Crippen LogP contribution in [0.5, 0.6) is 0 Å². The molecule has 1 saturated carbocycles. The quantitative estimate of drug-likeness (QED) is 0.641. The number of amides is 1. The molecule has 1 saturated heterocycles. The maximum atomic E-state index is 12.8. The van der Waals surface area contributed by atoms with Crippen LogP contribution in [0.2, 0.25) is 0 Å². The summed E-state index contributed by atoms with van der Waals surface area (Å²) in [4.78, 5) is 18.9. The standard InChI is InChI=1S/C19H19N3OS2/c1-11(2)12-5-7-15(8-6-12)22-18(23)16(21-19(22)24)9-14-10-25-17(20-14)13-3-4-13/h5-11,13H,3-4H2,1-2H3,(H,21,24)/b16-9-. The monoisotopic (exact) mass is 369 g/mol. The number of hydrogen-bond donors (Lipinski definition) is 1. The van der Waals surface area contributed by atoms with Gasteiger partial charge in [0.1, 0.15) is 5.70 Å². The molecule has 1 aliphatic heterocycles. The molecule has 128 valence electrons. The van der Waals surface area contributed by atoms with Crippen LogP contribution in [0.4, 0.5) is 5.69 Å². The summed E-state index contributed by atoms with van der Waals surface area (Å²) < 4.78 is 0. The van der Waals surface area contributed by atoms with Crippen LogP contribution >= 0.6 is 23.6 Å². The van der Waals surface area contributed by atoms with E-state index in [2.05, 4.69) is 24.1 Å². The molecular formula is C19H19N3OS2. The van der Waals surface area contributed by atoms with Crippen molar-refractivity contribution in [2.45, 2.75) is 38.5 Å². The van der Waals surface area contributed by atoms with E-state index >= 15 is 0 Å². The molecule has 1 aliphatic carbocycles. The molecule has 1 amide bonds. The molecular weight excluding hydrogens is 350 g/mol. The Morgan fingerprint density at radius 1 is 1.32 bits per heavy atom. The molecule has 1 aromatic carbocycles. The Morgan fingerprint density at radius 2 is 2.04 bits per heavy atom. The van der Waals surface area contributed by atoms with Gasteiger partial charge in [0.15, 0.2) is 5.11 Å². The number of thiocarbonyl (C=S) groups is 1. The molecule has 0 radical (unpaired) electrons. The van der Waals surface area contributed by atoms with Gasteiger partial charge in [0.05, 0.1) is 16.4 Å². The zero-order valence-corrected chi connectivity index (χ0v) is 15.8. The molecule has 1 N–H and O–H groups in total. The fraction of sp³-hybridized carbons (Fsp3) is 0.316. The number of carbonyl (C=O) groups excluding carboxylic acids is 1. The molecule has 2 aliphatic rings. The van der Waals surface area contributed by atoms with Crippen LogP contribution in [0.1, 0.15) is 54.8 Å². The first-order valence-corrected chi connectivity index (χ1v) is 9.74. The van der Waals surface area contributed by atoms with Gasteiger partial charge in [-0.3, -0.25) is 9.69 Å². The highest BCUT2D eigenvalue weighted by molar-refractivity contribution is 7.80. The first-order valence-electron chi connectivity index (χ1n) is 8.45. The topological polar surface area (TPSA) is 45.2 Å². The highest BCUT2D eigenvalue weighted by Crippen LogP contribution is 2.41. The van der Waals surface area contributed by atoms with E-state index in [-0.39, 0.29) is 5.91 Å². The van der Waals surface area contributed by atoms with Crippen molar-refractivity contribution in [3.63, 3.8) is 0 Å². The van der Waals surface area contributed by atoms with Crippen molar-refractivity contribution in [3.8, 4) is 0 Å². The van der Waals surface area contributed by atoms with E-state index in [0.717, 1.165) is 11.4 Å². The molecule has 2 fully saturated rings. The van der Waals surface area contributed by atoms with E-state index in [1.807, 2.05) is 29.6 Å². The number of carbonyl (C=O) groups is 1. The molecule has 0 bridgehead atoms. The van der Waals surface area contributed by atoms with Gasteiger partial charge in [-0.05, 0) is 54.7 Å². The number of hydrogen-bond acceptors (Lipinski definition) is 4. The van der Waals surface area contributed by atoms with Crippen LogP contribution in [0.25, 0.3) is 6.08 Å². The zero-order valence-electron chi connectivity index (χ0n) is 14.2. The lowest BCUT2D eigenvalue weighted by molar-refractivity contribution is -0.113. The second-order valence-electron chi connectivity index (χ2n) is 6.76. The molecule has 6 heteroatoms. The zero-order chi connectivity index (χ0) is 17.6. The third-order valence-corrected chi connectivity index (χ3v) is 5.76. The highest BCUT2D eigenvalue weighted by Gasteiger charge is 2.32. The normalized spacial score (nSPS) is 19.2. The van der Waals surface area contributed by atoms with Gasteiger partial charge in [0.2, 0.25) is 0 Å². The van der Waals surface area contributed by atoms with Gasteiger partial charge in [-0.25, -0.2) is 4.98 Å². The van der Waals surface area contributed by atoms with Crippen LogP contribution < -0.4 is 10.2 Å². The summed E-state index contributed by atoms with van der Waals surface area (Å²) in [7, 11) is 0. The van der Waals surface area contributed by atoms with Crippen LogP contribution in [-0.2, 0) is 4.79 Å². The molecule has 1 aromatic heterocycles. The number of benzene rings is 1. The van der Waals surface area contributed by atoms with Crippen LogP contribution in [0, 0.1) is 0 Å². The van der Waals surface area contributed by atoms with Crippen molar-refractivity contribution < 1.29 is 4.79 Å². The smallest absolute Gasteiger partial charge is 0.281 e. The number of aromatic nitrogens is 1. The van der Waals surface area contributed by atoms with Crippen molar-refractivity contribution in [1.82, 2.24) is 10.3 Å². The van der Waals surface area contributed by atoms with Gasteiger partial charge in [-0.15, -0.1) is 11.3 Å². The molecule has 4 rings (SSSR count). The van der Waals surface area contributed by atoms with Crippen molar-refractivity contribution >= 4 is 46.3 Å². The first kappa shape index (κ1) is 16.4. The summed E-state index contributed by atoms with van der Waals surface area (Å²) in [5.41, 5.74) is 3.32. The lowest BCUT2D eigenvalue weighted by atomic mass is 10.0. The van der Waals surface area contributed by atoms with Gasteiger partial charge < -0.3 is 5.32 Å². The Balaban J connectivity index is 1.57. The number of rotatable bonds is 4. The Kier molecular flexibility index (Phi) is 4.17. The van der Waals surface area contributed by atoms with E-state index in [9.17, 15) is 4.79 Å². The molecule has 2 aromatic rings. The minimum Gasteiger partial charge on any atom is -0.327 e. The molecule has 0 atom stereocenters. The lowest BCUT2D eigenvalue weighted by Gasteiger charge is -2.15. The summed E-state index contributed by atoms with van der Waals surface area (Å²) >= 11 is 7.04. The average Bonchev–Trinajstić information content (AvgIpc) is 3.27.